The third-order valence-electron chi connectivity index (χ3n) is 3.17. The Bertz CT molecular complexity index is 761. The van der Waals surface area contributed by atoms with E-state index in [1.54, 1.807) is 18.2 Å². The van der Waals surface area contributed by atoms with Crippen LogP contribution in [0.25, 0.3) is 0 Å². The van der Waals surface area contributed by atoms with E-state index in [1.807, 2.05) is 0 Å². The zero-order valence-electron chi connectivity index (χ0n) is 10.7. The van der Waals surface area contributed by atoms with Gasteiger partial charge in [0.2, 0.25) is 5.91 Å². The summed E-state index contributed by atoms with van der Waals surface area (Å²) in [7, 11) is 0. The lowest BCUT2D eigenvalue weighted by Gasteiger charge is -2.07. The van der Waals surface area contributed by atoms with Crippen molar-refractivity contribution in [3.8, 4) is 0 Å². The number of hydrogen-bond acceptors (Lipinski definition) is 2. The van der Waals surface area contributed by atoms with Gasteiger partial charge in [0.15, 0.2) is 0 Å². The molecule has 2 N–H and O–H groups in total. The minimum atomic E-state index is -0.545. The maximum absolute atomic E-state index is 13.1. The third kappa shape index (κ3) is 2.73. The molecule has 0 unspecified atom stereocenters. The first-order valence-electron chi connectivity index (χ1n) is 6.22. The molecule has 2 amide bonds. The van der Waals surface area contributed by atoms with Gasteiger partial charge in [-0.1, -0.05) is 11.6 Å². The van der Waals surface area contributed by atoms with Gasteiger partial charge >= 0.3 is 0 Å². The topological polar surface area (TPSA) is 58.2 Å². The number of halogens is 2. The summed E-state index contributed by atoms with van der Waals surface area (Å²) in [5.74, 6) is -0.982. The molecule has 0 radical (unpaired) electrons. The molecule has 3 rings (SSSR count). The first kappa shape index (κ1) is 13.6. The van der Waals surface area contributed by atoms with Crippen LogP contribution in [-0.4, -0.2) is 11.8 Å². The summed E-state index contributed by atoms with van der Waals surface area (Å²) in [5.41, 5.74) is 2.33. The molecule has 0 spiro atoms. The fourth-order valence-electron chi connectivity index (χ4n) is 2.15. The maximum atomic E-state index is 13.1. The molecule has 21 heavy (non-hydrogen) atoms. The van der Waals surface area contributed by atoms with Crippen molar-refractivity contribution in [1.82, 2.24) is 0 Å². The molecule has 0 atom stereocenters. The van der Waals surface area contributed by atoms with Crippen molar-refractivity contribution in [2.75, 3.05) is 10.6 Å². The number of benzene rings is 2. The van der Waals surface area contributed by atoms with Crippen LogP contribution in [0.2, 0.25) is 5.02 Å². The highest BCUT2D eigenvalue weighted by Gasteiger charge is 2.19. The van der Waals surface area contributed by atoms with E-state index >= 15 is 0 Å². The monoisotopic (exact) mass is 304 g/mol. The number of fused-ring (bicyclic) bond motifs is 1. The van der Waals surface area contributed by atoms with Crippen LogP contribution in [0.4, 0.5) is 15.8 Å². The molecule has 106 valence electrons. The van der Waals surface area contributed by atoms with Crippen molar-refractivity contribution in [2.45, 2.75) is 6.42 Å². The Labute approximate surface area is 124 Å². The van der Waals surface area contributed by atoms with E-state index in [0.29, 0.717) is 11.3 Å². The van der Waals surface area contributed by atoms with E-state index < -0.39 is 5.82 Å². The molecule has 4 nitrogen and oxygen atoms in total. The van der Waals surface area contributed by atoms with Crippen molar-refractivity contribution in [3.05, 3.63) is 58.4 Å². The van der Waals surface area contributed by atoms with E-state index in [1.165, 1.54) is 18.2 Å². The summed E-state index contributed by atoms with van der Waals surface area (Å²) >= 11 is 5.66. The molecule has 0 aliphatic carbocycles. The maximum Gasteiger partial charge on any atom is 0.255 e. The number of nitrogens with one attached hydrogen (secondary N) is 2. The largest absolute Gasteiger partial charge is 0.326 e. The van der Waals surface area contributed by atoms with E-state index in [-0.39, 0.29) is 23.3 Å². The predicted octanol–water partition coefficient (Wildman–Crippen LogP) is 3.23. The van der Waals surface area contributed by atoms with E-state index in [9.17, 15) is 14.0 Å². The minimum absolute atomic E-state index is 0.0587. The van der Waals surface area contributed by atoms with Crippen LogP contribution >= 0.6 is 11.6 Å². The summed E-state index contributed by atoms with van der Waals surface area (Å²) in [5, 5.41) is 5.27. The average Bonchev–Trinajstić information content (AvgIpc) is 2.82. The Balaban J connectivity index is 1.81. The lowest BCUT2D eigenvalue weighted by Crippen LogP contribution is -2.12. The van der Waals surface area contributed by atoms with Crippen LogP contribution in [0, 0.1) is 5.82 Å². The zero-order chi connectivity index (χ0) is 15.0. The van der Waals surface area contributed by atoms with Gasteiger partial charge in [0, 0.05) is 16.9 Å². The first-order valence-corrected chi connectivity index (χ1v) is 6.60. The fourth-order valence-corrected chi connectivity index (χ4v) is 2.33. The molecular formula is C15H10ClFN2O2. The quantitative estimate of drug-likeness (QED) is 0.895. The number of anilines is 2. The van der Waals surface area contributed by atoms with Gasteiger partial charge in [0.1, 0.15) is 5.82 Å². The van der Waals surface area contributed by atoms with Gasteiger partial charge in [-0.2, -0.15) is 0 Å². The van der Waals surface area contributed by atoms with Crippen LogP contribution in [0.5, 0.6) is 0 Å². The molecule has 2 aromatic rings. The molecular weight excluding hydrogens is 295 g/mol. The Kier molecular flexibility index (Phi) is 3.35. The van der Waals surface area contributed by atoms with Crippen LogP contribution in [0.15, 0.2) is 36.4 Å². The second kappa shape index (κ2) is 5.18. The molecule has 1 heterocycles. The molecule has 0 saturated heterocycles. The number of carbonyl (C=O) groups is 2. The van der Waals surface area contributed by atoms with Gasteiger partial charge < -0.3 is 10.6 Å². The van der Waals surface area contributed by atoms with Crippen molar-refractivity contribution in [1.29, 1.82) is 0 Å². The van der Waals surface area contributed by atoms with Crippen molar-refractivity contribution in [3.63, 3.8) is 0 Å². The Hall–Kier alpha value is -2.40. The van der Waals surface area contributed by atoms with Crippen LogP contribution in [0.1, 0.15) is 15.9 Å². The highest BCUT2D eigenvalue weighted by atomic mass is 35.5. The SMILES string of the molecule is O=C1Cc2cc(C(=O)Nc3ccc(F)c(Cl)c3)ccc2N1. The molecule has 1 aliphatic heterocycles. The standard InChI is InChI=1S/C15H10ClFN2O2/c16-11-7-10(2-3-12(11)17)18-15(21)8-1-4-13-9(5-8)6-14(20)19-13/h1-5,7H,6H2,(H,18,21)(H,19,20). The number of amides is 2. The summed E-state index contributed by atoms with van der Waals surface area (Å²) in [6, 6.07) is 8.92. The Morgan fingerprint density at radius 2 is 2.05 bits per heavy atom. The van der Waals surface area contributed by atoms with Gasteiger partial charge in [-0.3, -0.25) is 9.59 Å². The second-order valence-corrected chi connectivity index (χ2v) is 5.09. The van der Waals surface area contributed by atoms with Crippen molar-refractivity contribution in [2.24, 2.45) is 0 Å². The fraction of sp³-hybridized carbons (Fsp3) is 0.0667. The molecule has 0 fully saturated rings. The predicted molar refractivity (Wildman–Crippen MR) is 78.1 cm³/mol. The first-order chi connectivity index (χ1) is 10.0. The van der Waals surface area contributed by atoms with Gasteiger partial charge in [-0.25, -0.2) is 4.39 Å². The number of hydrogen-bond donors (Lipinski definition) is 2. The highest BCUT2D eigenvalue weighted by molar-refractivity contribution is 6.31. The van der Waals surface area contributed by atoms with E-state index in [2.05, 4.69) is 10.6 Å². The van der Waals surface area contributed by atoms with Gasteiger partial charge in [-0.15, -0.1) is 0 Å². The lowest BCUT2D eigenvalue weighted by molar-refractivity contribution is -0.115. The number of rotatable bonds is 2. The number of carbonyl (C=O) groups excluding carboxylic acids is 2. The highest BCUT2D eigenvalue weighted by Crippen LogP contribution is 2.25. The molecule has 1 aliphatic rings. The van der Waals surface area contributed by atoms with Gasteiger partial charge in [-0.05, 0) is 42.0 Å². The van der Waals surface area contributed by atoms with E-state index in [4.69, 9.17) is 11.6 Å². The molecule has 6 heteroatoms. The summed E-state index contributed by atoms with van der Waals surface area (Å²) < 4.78 is 13.1. The van der Waals surface area contributed by atoms with Crippen LogP contribution < -0.4 is 10.6 Å². The minimum Gasteiger partial charge on any atom is -0.326 e. The zero-order valence-corrected chi connectivity index (χ0v) is 11.5. The molecule has 0 aromatic heterocycles. The Morgan fingerprint density at radius 3 is 2.81 bits per heavy atom. The normalized spacial score (nSPS) is 12.8. The van der Waals surface area contributed by atoms with Crippen molar-refractivity contribution < 1.29 is 14.0 Å². The lowest BCUT2D eigenvalue weighted by atomic mass is 10.1. The van der Waals surface area contributed by atoms with E-state index in [0.717, 1.165) is 11.3 Å². The van der Waals surface area contributed by atoms with Gasteiger partial charge in [0.05, 0.1) is 11.4 Å². The molecule has 0 bridgehead atoms. The van der Waals surface area contributed by atoms with Crippen molar-refractivity contribution >= 4 is 34.8 Å². The van der Waals surface area contributed by atoms with Crippen LogP contribution in [0.3, 0.4) is 0 Å². The second-order valence-electron chi connectivity index (χ2n) is 4.68. The summed E-state index contributed by atoms with van der Waals surface area (Å²) in [6.45, 7) is 0. The summed E-state index contributed by atoms with van der Waals surface area (Å²) in [4.78, 5) is 23.4. The smallest absolute Gasteiger partial charge is 0.255 e. The summed E-state index contributed by atoms with van der Waals surface area (Å²) in [6.07, 6.45) is 0.263. The van der Waals surface area contributed by atoms with Crippen LogP contribution in [-0.2, 0) is 11.2 Å². The molecule has 0 saturated carbocycles. The third-order valence-corrected chi connectivity index (χ3v) is 3.46. The molecule has 2 aromatic carbocycles. The van der Waals surface area contributed by atoms with Gasteiger partial charge in [0.25, 0.3) is 5.91 Å². The Morgan fingerprint density at radius 1 is 1.24 bits per heavy atom. The average molecular weight is 305 g/mol.